The Labute approximate surface area is 91.7 Å². The summed E-state index contributed by atoms with van der Waals surface area (Å²) in [5, 5.41) is 2.84. The van der Waals surface area contributed by atoms with Gasteiger partial charge in [-0.1, -0.05) is 18.2 Å². The van der Waals surface area contributed by atoms with E-state index in [0.29, 0.717) is 18.7 Å². The number of hydrogen-bond donors (Lipinski definition) is 1. The maximum absolute atomic E-state index is 12.0. The molecular formula is C11H12F3NO. The molecule has 0 heterocycles. The monoisotopic (exact) mass is 231 g/mol. The second kappa shape index (κ2) is 5.44. The first kappa shape index (κ1) is 12.4. The van der Waals surface area contributed by atoms with Crippen molar-refractivity contribution in [2.24, 2.45) is 0 Å². The van der Waals surface area contributed by atoms with Gasteiger partial charge in [-0.25, -0.2) is 0 Å². The van der Waals surface area contributed by atoms with Crippen LogP contribution in [0.3, 0.4) is 0 Å². The number of benzene rings is 1. The van der Waals surface area contributed by atoms with Crippen molar-refractivity contribution in [3.05, 3.63) is 36.9 Å². The molecule has 1 aromatic rings. The van der Waals surface area contributed by atoms with Crippen LogP contribution in [0.25, 0.3) is 0 Å². The molecule has 5 heteroatoms. The van der Waals surface area contributed by atoms with Crippen molar-refractivity contribution in [1.29, 1.82) is 0 Å². The minimum absolute atomic E-state index is 0.223. The first-order valence-corrected chi connectivity index (χ1v) is 4.72. The van der Waals surface area contributed by atoms with Crippen molar-refractivity contribution in [2.45, 2.75) is 12.8 Å². The highest BCUT2D eigenvalue weighted by atomic mass is 19.4. The van der Waals surface area contributed by atoms with Gasteiger partial charge in [-0.05, 0) is 18.6 Å². The van der Waals surface area contributed by atoms with Gasteiger partial charge in [0.15, 0.2) is 5.75 Å². The lowest BCUT2D eigenvalue weighted by atomic mass is 10.3. The highest BCUT2D eigenvalue weighted by molar-refractivity contribution is 5.56. The van der Waals surface area contributed by atoms with Gasteiger partial charge in [-0.15, -0.1) is 19.8 Å². The fourth-order valence-electron chi connectivity index (χ4n) is 1.14. The van der Waals surface area contributed by atoms with Gasteiger partial charge in [-0.3, -0.25) is 0 Å². The third-order valence-electron chi connectivity index (χ3n) is 1.78. The van der Waals surface area contributed by atoms with E-state index >= 15 is 0 Å². The fraction of sp³-hybridized carbons (Fsp3) is 0.273. The number of para-hydroxylation sites is 2. The Balaban J connectivity index is 2.71. The quantitative estimate of drug-likeness (QED) is 0.617. The van der Waals surface area contributed by atoms with Gasteiger partial charge in [0, 0.05) is 6.54 Å². The zero-order chi connectivity index (χ0) is 12.0. The molecule has 0 unspecified atom stereocenters. The number of ether oxygens (including phenoxy) is 1. The van der Waals surface area contributed by atoms with Gasteiger partial charge >= 0.3 is 6.36 Å². The third-order valence-corrected chi connectivity index (χ3v) is 1.78. The van der Waals surface area contributed by atoms with Crippen LogP contribution in [0.1, 0.15) is 6.42 Å². The van der Waals surface area contributed by atoms with Crippen LogP contribution in [-0.4, -0.2) is 12.9 Å². The first-order chi connectivity index (χ1) is 7.53. The molecule has 0 aliphatic rings. The summed E-state index contributed by atoms with van der Waals surface area (Å²) < 4.78 is 40.0. The van der Waals surface area contributed by atoms with Crippen molar-refractivity contribution in [2.75, 3.05) is 11.9 Å². The molecule has 0 amide bonds. The highest BCUT2D eigenvalue weighted by Crippen LogP contribution is 2.29. The van der Waals surface area contributed by atoms with Crippen LogP contribution in [0, 0.1) is 0 Å². The molecule has 0 radical (unpaired) electrons. The molecule has 16 heavy (non-hydrogen) atoms. The Morgan fingerprint density at radius 2 is 2.00 bits per heavy atom. The van der Waals surface area contributed by atoms with Crippen molar-refractivity contribution in [3.63, 3.8) is 0 Å². The SMILES string of the molecule is C=CCCNc1ccccc1OC(F)(F)F. The van der Waals surface area contributed by atoms with Crippen LogP contribution in [0.5, 0.6) is 5.75 Å². The molecule has 1 N–H and O–H groups in total. The van der Waals surface area contributed by atoms with E-state index in [9.17, 15) is 13.2 Å². The molecule has 0 spiro atoms. The first-order valence-electron chi connectivity index (χ1n) is 4.72. The van der Waals surface area contributed by atoms with E-state index in [4.69, 9.17) is 0 Å². The maximum atomic E-state index is 12.0. The van der Waals surface area contributed by atoms with E-state index in [-0.39, 0.29) is 5.75 Å². The van der Waals surface area contributed by atoms with Gasteiger partial charge < -0.3 is 10.1 Å². The van der Waals surface area contributed by atoms with Gasteiger partial charge in [0.25, 0.3) is 0 Å². The van der Waals surface area contributed by atoms with E-state index in [2.05, 4.69) is 16.6 Å². The molecule has 0 aromatic heterocycles. The molecule has 1 rings (SSSR count). The smallest absolute Gasteiger partial charge is 0.404 e. The van der Waals surface area contributed by atoms with E-state index in [0.717, 1.165) is 0 Å². The topological polar surface area (TPSA) is 21.3 Å². The van der Waals surface area contributed by atoms with Crippen molar-refractivity contribution in [1.82, 2.24) is 0 Å². The van der Waals surface area contributed by atoms with Crippen LogP contribution in [-0.2, 0) is 0 Å². The molecular weight excluding hydrogens is 219 g/mol. The lowest BCUT2D eigenvalue weighted by Gasteiger charge is -2.13. The Morgan fingerprint density at radius 1 is 1.31 bits per heavy atom. The van der Waals surface area contributed by atoms with Gasteiger partial charge in [0.2, 0.25) is 0 Å². The predicted molar refractivity (Wildman–Crippen MR) is 56.4 cm³/mol. The predicted octanol–water partition coefficient (Wildman–Crippen LogP) is 3.57. The molecule has 0 saturated heterocycles. The number of halogens is 3. The van der Waals surface area contributed by atoms with Crippen molar-refractivity contribution < 1.29 is 17.9 Å². The average Bonchev–Trinajstić information content (AvgIpc) is 2.19. The molecule has 88 valence electrons. The summed E-state index contributed by atoms with van der Waals surface area (Å²) in [6.45, 7) is 4.04. The third kappa shape index (κ3) is 4.25. The molecule has 1 aromatic carbocycles. The molecule has 0 fully saturated rings. The Bertz CT molecular complexity index is 349. The fourth-order valence-corrected chi connectivity index (χ4v) is 1.14. The summed E-state index contributed by atoms with van der Waals surface area (Å²) in [5.74, 6) is -0.223. The Morgan fingerprint density at radius 3 is 2.62 bits per heavy atom. The lowest BCUT2D eigenvalue weighted by Crippen LogP contribution is -2.18. The van der Waals surface area contributed by atoms with Crippen LogP contribution in [0.2, 0.25) is 0 Å². The van der Waals surface area contributed by atoms with E-state index in [1.54, 1.807) is 12.1 Å². The number of anilines is 1. The molecule has 0 aliphatic heterocycles. The van der Waals surface area contributed by atoms with E-state index in [1.165, 1.54) is 18.2 Å². The van der Waals surface area contributed by atoms with E-state index in [1.807, 2.05) is 0 Å². The number of nitrogens with one attached hydrogen (secondary N) is 1. The summed E-state index contributed by atoms with van der Waals surface area (Å²) in [6, 6.07) is 5.92. The largest absolute Gasteiger partial charge is 0.573 e. The summed E-state index contributed by atoms with van der Waals surface area (Å²) >= 11 is 0. The normalized spacial score (nSPS) is 10.9. The second-order valence-electron chi connectivity index (χ2n) is 3.05. The Hall–Kier alpha value is -1.65. The Kier molecular flexibility index (Phi) is 4.22. The second-order valence-corrected chi connectivity index (χ2v) is 3.05. The van der Waals surface area contributed by atoms with Gasteiger partial charge in [0.1, 0.15) is 0 Å². The molecule has 0 saturated carbocycles. The highest BCUT2D eigenvalue weighted by Gasteiger charge is 2.31. The van der Waals surface area contributed by atoms with Crippen LogP contribution in [0.15, 0.2) is 36.9 Å². The van der Waals surface area contributed by atoms with Crippen LogP contribution in [0.4, 0.5) is 18.9 Å². The van der Waals surface area contributed by atoms with Crippen LogP contribution >= 0.6 is 0 Å². The minimum atomic E-state index is -4.67. The lowest BCUT2D eigenvalue weighted by molar-refractivity contribution is -0.274. The van der Waals surface area contributed by atoms with Crippen LogP contribution < -0.4 is 10.1 Å². The number of alkyl halides is 3. The van der Waals surface area contributed by atoms with E-state index < -0.39 is 6.36 Å². The summed E-state index contributed by atoms with van der Waals surface area (Å²) in [5.41, 5.74) is 0.321. The summed E-state index contributed by atoms with van der Waals surface area (Å²) in [6.07, 6.45) is -2.32. The maximum Gasteiger partial charge on any atom is 0.573 e. The van der Waals surface area contributed by atoms with Crippen molar-refractivity contribution in [3.8, 4) is 5.75 Å². The average molecular weight is 231 g/mol. The standard InChI is InChI=1S/C11H12F3NO/c1-2-3-8-15-9-6-4-5-7-10(9)16-11(12,13)14/h2,4-7,15H,1,3,8H2. The van der Waals surface area contributed by atoms with Gasteiger partial charge in [-0.2, -0.15) is 0 Å². The summed E-state index contributed by atoms with van der Waals surface area (Å²) in [7, 11) is 0. The molecule has 2 nitrogen and oxygen atoms in total. The number of rotatable bonds is 5. The zero-order valence-corrected chi connectivity index (χ0v) is 8.55. The molecule has 0 atom stereocenters. The molecule has 0 aliphatic carbocycles. The van der Waals surface area contributed by atoms with Crippen molar-refractivity contribution >= 4 is 5.69 Å². The minimum Gasteiger partial charge on any atom is -0.404 e. The zero-order valence-electron chi connectivity index (χ0n) is 8.55. The number of hydrogen-bond acceptors (Lipinski definition) is 2. The molecule has 0 bridgehead atoms. The summed E-state index contributed by atoms with van der Waals surface area (Å²) in [4.78, 5) is 0. The van der Waals surface area contributed by atoms with Gasteiger partial charge in [0.05, 0.1) is 5.69 Å².